The van der Waals surface area contributed by atoms with Crippen molar-refractivity contribution in [3.8, 4) is 0 Å². The van der Waals surface area contributed by atoms with Gasteiger partial charge in [-0.3, -0.25) is 20.2 Å². The van der Waals surface area contributed by atoms with Gasteiger partial charge in [0, 0.05) is 22.5 Å². The molecule has 0 aliphatic rings. The second kappa shape index (κ2) is 4.70. The number of rotatable bonds is 3. The molecule has 0 amide bonds. The third-order valence-electron chi connectivity index (χ3n) is 2.66. The molecular formula is C12H12ClN3O2. The molecule has 0 saturated heterocycles. The molecule has 5 nitrogen and oxygen atoms in total. The van der Waals surface area contributed by atoms with E-state index in [1.165, 1.54) is 12.1 Å². The molecule has 6 heteroatoms. The molecule has 94 valence electrons. The summed E-state index contributed by atoms with van der Waals surface area (Å²) in [6.07, 6.45) is 0. The molecule has 18 heavy (non-hydrogen) atoms. The zero-order valence-corrected chi connectivity index (χ0v) is 10.7. The Hall–Kier alpha value is -2.01. The minimum absolute atomic E-state index is 0.00750. The van der Waals surface area contributed by atoms with Crippen LogP contribution in [-0.4, -0.2) is 9.60 Å². The lowest BCUT2D eigenvalue weighted by Gasteiger charge is -2.12. The van der Waals surface area contributed by atoms with Crippen LogP contribution in [0, 0.1) is 24.0 Å². The maximum atomic E-state index is 10.9. The highest BCUT2D eigenvalue weighted by molar-refractivity contribution is 6.31. The van der Waals surface area contributed by atoms with Crippen LogP contribution in [0.1, 0.15) is 11.4 Å². The average molecular weight is 266 g/mol. The van der Waals surface area contributed by atoms with Crippen LogP contribution in [0.4, 0.5) is 11.4 Å². The summed E-state index contributed by atoms with van der Waals surface area (Å²) in [4.78, 5) is 10.5. The van der Waals surface area contributed by atoms with Crippen molar-refractivity contribution in [3.05, 3.63) is 56.9 Å². The molecule has 2 aromatic rings. The summed E-state index contributed by atoms with van der Waals surface area (Å²) in [5.41, 5.74) is 5.28. The first-order chi connectivity index (χ1) is 8.49. The van der Waals surface area contributed by atoms with Gasteiger partial charge in [-0.1, -0.05) is 11.6 Å². The number of anilines is 1. The van der Waals surface area contributed by atoms with Crippen LogP contribution in [0.25, 0.3) is 0 Å². The Morgan fingerprint density at radius 1 is 1.22 bits per heavy atom. The van der Waals surface area contributed by atoms with E-state index in [1.54, 1.807) is 10.7 Å². The summed E-state index contributed by atoms with van der Waals surface area (Å²) in [6.45, 7) is 3.83. The van der Waals surface area contributed by atoms with Gasteiger partial charge in [0.25, 0.3) is 5.69 Å². The molecule has 1 aromatic heterocycles. The van der Waals surface area contributed by atoms with Gasteiger partial charge in [0.2, 0.25) is 0 Å². The topological polar surface area (TPSA) is 60.1 Å². The Morgan fingerprint density at radius 2 is 1.83 bits per heavy atom. The summed E-state index contributed by atoms with van der Waals surface area (Å²) in [5.74, 6) is 0. The molecule has 0 aliphatic heterocycles. The van der Waals surface area contributed by atoms with Crippen LogP contribution < -0.4 is 5.43 Å². The van der Waals surface area contributed by atoms with Gasteiger partial charge in [0.05, 0.1) is 4.92 Å². The lowest BCUT2D eigenvalue weighted by Crippen LogP contribution is -2.13. The molecule has 0 bridgehead atoms. The van der Waals surface area contributed by atoms with E-state index in [4.69, 9.17) is 11.6 Å². The quantitative estimate of drug-likeness (QED) is 0.682. The zero-order valence-electron chi connectivity index (χ0n) is 9.98. The maximum Gasteiger partial charge on any atom is 0.294 e. The number of nitro groups is 1. The molecule has 0 unspecified atom stereocenters. The van der Waals surface area contributed by atoms with Gasteiger partial charge in [-0.05, 0) is 38.1 Å². The van der Waals surface area contributed by atoms with Gasteiger partial charge in [-0.25, -0.2) is 0 Å². The third-order valence-corrected chi connectivity index (χ3v) is 2.89. The maximum absolute atomic E-state index is 10.9. The summed E-state index contributed by atoms with van der Waals surface area (Å²) in [7, 11) is 0. The van der Waals surface area contributed by atoms with Crippen molar-refractivity contribution in [1.29, 1.82) is 0 Å². The van der Waals surface area contributed by atoms with Crippen LogP contribution in [0.15, 0.2) is 30.3 Å². The van der Waals surface area contributed by atoms with E-state index < -0.39 is 4.92 Å². The normalized spacial score (nSPS) is 10.4. The Morgan fingerprint density at radius 3 is 2.39 bits per heavy atom. The van der Waals surface area contributed by atoms with Crippen molar-refractivity contribution in [1.82, 2.24) is 4.68 Å². The first-order valence-electron chi connectivity index (χ1n) is 5.35. The second-order valence-electron chi connectivity index (χ2n) is 3.98. The first-order valence-corrected chi connectivity index (χ1v) is 5.73. The highest BCUT2D eigenvalue weighted by atomic mass is 35.5. The molecule has 1 N–H and O–H groups in total. The smallest absolute Gasteiger partial charge is 0.288 e. The minimum atomic E-state index is -0.438. The fourth-order valence-corrected chi connectivity index (χ4v) is 1.89. The van der Waals surface area contributed by atoms with E-state index in [0.29, 0.717) is 10.7 Å². The van der Waals surface area contributed by atoms with Crippen molar-refractivity contribution < 1.29 is 4.92 Å². The predicted octanol–water partition coefficient (Wildman–Crippen LogP) is 3.54. The highest BCUT2D eigenvalue weighted by Crippen LogP contribution is 2.28. The second-order valence-corrected chi connectivity index (χ2v) is 4.42. The fourth-order valence-electron chi connectivity index (χ4n) is 1.72. The molecule has 1 aromatic carbocycles. The average Bonchev–Trinajstić information content (AvgIpc) is 2.60. The molecule has 2 rings (SSSR count). The predicted molar refractivity (Wildman–Crippen MR) is 71.0 cm³/mol. The van der Waals surface area contributed by atoms with Gasteiger partial charge < -0.3 is 0 Å². The molecule has 0 spiro atoms. The lowest BCUT2D eigenvalue weighted by atomic mass is 10.3. The van der Waals surface area contributed by atoms with E-state index in [0.717, 1.165) is 11.4 Å². The number of nitro benzene ring substituents is 1. The van der Waals surface area contributed by atoms with Gasteiger partial charge in [-0.15, -0.1) is 0 Å². The Kier molecular flexibility index (Phi) is 3.25. The largest absolute Gasteiger partial charge is 0.294 e. The van der Waals surface area contributed by atoms with Crippen LogP contribution >= 0.6 is 11.6 Å². The van der Waals surface area contributed by atoms with Crippen LogP contribution in [0.2, 0.25) is 5.02 Å². The summed E-state index contributed by atoms with van der Waals surface area (Å²) < 4.78 is 1.78. The number of hydrogen-bond acceptors (Lipinski definition) is 3. The number of aromatic nitrogens is 1. The number of hydrogen-bond donors (Lipinski definition) is 1. The van der Waals surface area contributed by atoms with Crippen molar-refractivity contribution >= 4 is 23.0 Å². The SMILES string of the molecule is Cc1ccc(C)n1Nc1cc(Cl)ccc1[N+](=O)[O-]. The Bertz CT molecular complexity index is 588. The van der Waals surface area contributed by atoms with Crippen LogP contribution in [0.3, 0.4) is 0 Å². The number of aryl methyl sites for hydroxylation is 2. The van der Waals surface area contributed by atoms with E-state index >= 15 is 0 Å². The lowest BCUT2D eigenvalue weighted by molar-refractivity contribution is -0.384. The van der Waals surface area contributed by atoms with E-state index in [1.807, 2.05) is 26.0 Å². The molecule has 0 radical (unpaired) electrons. The zero-order chi connectivity index (χ0) is 13.3. The molecule has 1 heterocycles. The van der Waals surface area contributed by atoms with Crippen molar-refractivity contribution in [3.63, 3.8) is 0 Å². The van der Waals surface area contributed by atoms with Gasteiger partial charge in [0.15, 0.2) is 0 Å². The molecule has 0 fully saturated rings. The number of nitrogens with zero attached hydrogens (tertiary/aromatic N) is 2. The van der Waals surface area contributed by atoms with E-state index in [9.17, 15) is 10.1 Å². The van der Waals surface area contributed by atoms with Gasteiger partial charge >= 0.3 is 0 Å². The molecule has 0 aliphatic carbocycles. The summed E-state index contributed by atoms with van der Waals surface area (Å²) in [6, 6.07) is 8.29. The highest BCUT2D eigenvalue weighted by Gasteiger charge is 2.15. The van der Waals surface area contributed by atoms with Gasteiger partial charge in [-0.2, -0.15) is 0 Å². The van der Waals surface area contributed by atoms with Crippen LogP contribution in [-0.2, 0) is 0 Å². The molecule has 0 atom stereocenters. The standard InChI is InChI=1S/C12H12ClN3O2/c1-8-3-4-9(2)15(8)14-11-7-10(13)5-6-12(11)16(17)18/h3-7,14H,1-2H3. The minimum Gasteiger partial charge on any atom is -0.288 e. The summed E-state index contributed by atoms with van der Waals surface area (Å²) >= 11 is 5.87. The van der Waals surface area contributed by atoms with Gasteiger partial charge in [0.1, 0.15) is 5.69 Å². The monoisotopic (exact) mass is 265 g/mol. The first kappa shape index (κ1) is 12.4. The van der Waals surface area contributed by atoms with Crippen LogP contribution in [0.5, 0.6) is 0 Å². The van der Waals surface area contributed by atoms with Crippen molar-refractivity contribution in [2.24, 2.45) is 0 Å². The molecule has 0 saturated carbocycles. The number of nitrogens with one attached hydrogen (secondary N) is 1. The number of benzene rings is 1. The molecular weight excluding hydrogens is 254 g/mol. The Labute approximate surface area is 109 Å². The summed E-state index contributed by atoms with van der Waals surface area (Å²) in [5, 5.41) is 11.4. The van der Waals surface area contributed by atoms with E-state index in [-0.39, 0.29) is 5.69 Å². The van der Waals surface area contributed by atoms with Crippen molar-refractivity contribution in [2.75, 3.05) is 5.43 Å². The van der Waals surface area contributed by atoms with E-state index in [2.05, 4.69) is 5.43 Å². The number of halogens is 1. The third kappa shape index (κ3) is 2.31. The Balaban J connectivity index is 2.45. The van der Waals surface area contributed by atoms with Crippen molar-refractivity contribution in [2.45, 2.75) is 13.8 Å². The fraction of sp³-hybridized carbons (Fsp3) is 0.167.